The van der Waals surface area contributed by atoms with Crippen molar-refractivity contribution in [1.29, 1.82) is 0 Å². The first-order chi connectivity index (χ1) is 7.00. The van der Waals surface area contributed by atoms with Crippen LogP contribution in [0.5, 0.6) is 0 Å². The number of aryl methyl sites for hydroxylation is 1. The van der Waals surface area contributed by atoms with Gasteiger partial charge < -0.3 is 0 Å². The minimum absolute atomic E-state index is 0.0326. The standard InChI is InChI=1S/C14H18O/c1-10(2)14(15)12(4)9-13-7-5-11(3)6-8-13/h5-8,12H,1,9H2,2-4H3/t12-/m0/s1. The second-order valence-corrected chi connectivity index (χ2v) is 4.24. The Morgan fingerprint density at radius 2 is 1.87 bits per heavy atom. The monoisotopic (exact) mass is 202 g/mol. The highest BCUT2D eigenvalue weighted by Gasteiger charge is 2.13. The third-order valence-electron chi connectivity index (χ3n) is 2.53. The van der Waals surface area contributed by atoms with Gasteiger partial charge in [-0.2, -0.15) is 0 Å². The molecule has 0 saturated heterocycles. The smallest absolute Gasteiger partial charge is 0.161 e. The largest absolute Gasteiger partial charge is 0.294 e. The van der Waals surface area contributed by atoms with Crippen LogP contribution in [0.4, 0.5) is 0 Å². The lowest BCUT2D eigenvalue weighted by molar-refractivity contribution is -0.118. The second-order valence-electron chi connectivity index (χ2n) is 4.24. The maximum Gasteiger partial charge on any atom is 0.161 e. The van der Waals surface area contributed by atoms with Crippen molar-refractivity contribution in [2.24, 2.45) is 5.92 Å². The molecule has 1 aromatic carbocycles. The lowest BCUT2D eigenvalue weighted by atomic mass is 9.94. The van der Waals surface area contributed by atoms with Crippen LogP contribution in [0.15, 0.2) is 36.4 Å². The van der Waals surface area contributed by atoms with E-state index >= 15 is 0 Å². The van der Waals surface area contributed by atoms with E-state index in [1.54, 1.807) is 6.92 Å². The minimum Gasteiger partial charge on any atom is -0.294 e. The van der Waals surface area contributed by atoms with E-state index in [4.69, 9.17) is 0 Å². The Morgan fingerprint density at radius 1 is 1.33 bits per heavy atom. The molecule has 0 amide bonds. The number of hydrogen-bond donors (Lipinski definition) is 0. The maximum absolute atomic E-state index is 11.6. The topological polar surface area (TPSA) is 17.1 Å². The molecule has 0 N–H and O–H groups in total. The quantitative estimate of drug-likeness (QED) is 0.684. The van der Waals surface area contributed by atoms with Gasteiger partial charge in [0.15, 0.2) is 5.78 Å². The van der Waals surface area contributed by atoms with Gasteiger partial charge in [-0.25, -0.2) is 0 Å². The highest BCUT2D eigenvalue weighted by Crippen LogP contribution is 2.13. The molecule has 1 atom stereocenters. The summed E-state index contributed by atoms with van der Waals surface area (Å²) in [5.41, 5.74) is 3.11. The maximum atomic E-state index is 11.6. The van der Waals surface area contributed by atoms with E-state index in [1.165, 1.54) is 11.1 Å². The Bertz CT molecular complexity index is 359. The van der Waals surface area contributed by atoms with E-state index in [0.717, 1.165) is 6.42 Å². The van der Waals surface area contributed by atoms with Gasteiger partial charge in [0.1, 0.15) is 0 Å². The molecule has 1 rings (SSSR count). The first kappa shape index (κ1) is 11.7. The van der Waals surface area contributed by atoms with Crippen molar-refractivity contribution in [3.63, 3.8) is 0 Å². The van der Waals surface area contributed by atoms with Gasteiger partial charge in [0.2, 0.25) is 0 Å². The van der Waals surface area contributed by atoms with Gasteiger partial charge in [-0.1, -0.05) is 43.3 Å². The number of Topliss-reactive ketones (excluding diaryl/α,β-unsaturated/α-hetero) is 1. The van der Waals surface area contributed by atoms with Crippen molar-refractivity contribution in [3.05, 3.63) is 47.5 Å². The number of hydrogen-bond acceptors (Lipinski definition) is 1. The van der Waals surface area contributed by atoms with Gasteiger partial charge in [-0.15, -0.1) is 0 Å². The van der Waals surface area contributed by atoms with Crippen molar-refractivity contribution in [1.82, 2.24) is 0 Å². The molecule has 15 heavy (non-hydrogen) atoms. The molecule has 1 aromatic rings. The van der Waals surface area contributed by atoms with Crippen LogP contribution in [0, 0.1) is 12.8 Å². The van der Waals surface area contributed by atoms with Crippen LogP contribution in [0.25, 0.3) is 0 Å². The van der Waals surface area contributed by atoms with Crippen molar-refractivity contribution in [2.45, 2.75) is 27.2 Å². The Morgan fingerprint density at radius 3 is 2.33 bits per heavy atom. The molecule has 0 saturated carbocycles. The number of ketones is 1. The van der Waals surface area contributed by atoms with E-state index in [0.29, 0.717) is 5.57 Å². The summed E-state index contributed by atoms with van der Waals surface area (Å²) in [5.74, 6) is 0.195. The molecule has 0 unspecified atom stereocenters. The van der Waals surface area contributed by atoms with Crippen LogP contribution in [-0.4, -0.2) is 5.78 Å². The molecule has 0 bridgehead atoms. The highest BCUT2D eigenvalue weighted by molar-refractivity contribution is 5.95. The summed E-state index contributed by atoms with van der Waals surface area (Å²) in [6.07, 6.45) is 0.798. The Hall–Kier alpha value is -1.37. The third-order valence-corrected chi connectivity index (χ3v) is 2.53. The molecule has 0 aliphatic heterocycles. The average Bonchev–Trinajstić information content (AvgIpc) is 2.20. The molecule has 0 spiro atoms. The molecular weight excluding hydrogens is 184 g/mol. The normalized spacial score (nSPS) is 12.2. The van der Waals surface area contributed by atoms with Crippen molar-refractivity contribution in [3.8, 4) is 0 Å². The van der Waals surface area contributed by atoms with Crippen molar-refractivity contribution in [2.75, 3.05) is 0 Å². The molecule has 1 heteroatoms. The molecule has 0 fully saturated rings. The van der Waals surface area contributed by atoms with Crippen LogP contribution >= 0.6 is 0 Å². The fourth-order valence-corrected chi connectivity index (χ4v) is 1.59. The summed E-state index contributed by atoms with van der Waals surface area (Å²) < 4.78 is 0. The van der Waals surface area contributed by atoms with E-state index < -0.39 is 0 Å². The van der Waals surface area contributed by atoms with E-state index in [9.17, 15) is 4.79 Å². The number of rotatable bonds is 4. The highest BCUT2D eigenvalue weighted by atomic mass is 16.1. The summed E-state index contributed by atoms with van der Waals surface area (Å²) in [7, 11) is 0. The minimum atomic E-state index is 0.0326. The first-order valence-corrected chi connectivity index (χ1v) is 5.26. The van der Waals surface area contributed by atoms with Gasteiger partial charge in [-0.3, -0.25) is 4.79 Å². The number of benzene rings is 1. The summed E-state index contributed by atoms with van der Waals surface area (Å²) in [6, 6.07) is 8.32. The fraction of sp³-hybridized carbons (Fsp3) is 0.357. The second kappa shape index (κ2) is 4.92. The Labute approximate surface area is 91.8 Å². The van der Waals surface area contributed by atoms with Gasteiger partial charge >= 0.3 is 0 Å². The van der Waals surface area contributed by atoms with Crippen LogP contribution < -0.4 is 0 Å². The molecule has 80 valence electrons. The fourth-order valence-electron chi connectivity index (χ4n) is 1.59. The van der Waals surface area contributed by atoms with Crippen LogP contribution in [0.2, 0.25) is 0 Å². The van der Waals surface area contributed by atoms with Gasteiger partial charge in [0, 0.05) is 5.92 Å². The van der Waals surface area contributed by atoms with Gasteiger partial charge in [-0.05, 0) is 31.4 Å². The number of carbonyl (C=O) groups excluding carboxylic acids is 1. The van der Waals surface area contributed by atoms with E-state index in [2.05, 4.69) is 37.8 Å². The SMILES string of the molecule is C=C(C)C(=O)[C@@H](C)Cc1ccc(C)cc1. The molecular formula is C14H18O. The predicted molar refractivity (Wildman–Crippen MR) is 63.9 cm³/mol. The van der Waals surface area contributed by atoms with E-state index in [1.807, 2.05) is 6.92 Å². The molecule has 0 aliphatic rings. The number of carbonyl (C=O) groups is 1. The van der Waals surface area contributed by atoms with Crippen LogP contribution in [0.1, 0.15) is 25.0 Å². The molecule has 0 aliphatic carbocycles. The van der Waals surface area contributed by atoms with Crippen LogP contribution in [0.3, 0.4) is 0 Å². The third kappa shape index (κ3) is 3.35. The van der Waals surface area contributed by atoms with Crippen molar-refractivity contribution < 1.29 is 4.79 Å². The van der Waals surface area contributed by atoms with E-state index in [-0.39, 0.29) is 11.7 Å². The lowest BCUT2D eigenvalue weighted by Gasteiger charge is -2.10. The Kier molecular flexibility index (Phi) is 3.84. The molecule has 0 heterocycles. The summed E-state index contributed by atoms with van der Waals surface area (Å²) in [5, 5.41) is 0. The van der Waals surface area contributed by atoms with Crippen LogP contribution in [-0.2, 0) is 11.2 Å². The summed E-state index contributed by atoms with van der Waals surface area (Å²) >= 11 is 0. The molecule has 1 nitrogen and oxygen atoms in total. The van der Waals surface area contributed by atoms with Gasteiger partial charge in [0.05, 0.1) is 0 Å². The summed E-state index contributed by atoms with van der Waals surface area (Å²) in [6.45, 7) is 9.47. The predicted octanol–water partition coefficient (Wildman–Crippen LogP) is 3.32. The zero-order chi connectivity index (χ0) is 11.4. The first-order valence-electron chi connectivity index (χ1n) is 5.26. The molecule has 0 radical (unpaired) electrons. The average molecular weight is 202 g/mol. The Balaban J connectivity index is 2.66. The molecule has 0 aromatic heterocycles. The lowest BCUT2D eigenvalue weighted by Crippen LogP contribution is -2.14. The number of allylic oxidation sites excluding steroid dienone is 1. The van der Waals surface area contributed by atoms with Gasteiger partial charge in [0.25, 0.3) is 0 Å². The zero-order valence-corrected chi connectivity index (χ0v) is 9.71. The zero-order valence-electron chi connectivity index (χ0n) is 9.71. The van der Waals surface area contributed by atoms with Crippen molar-refractivity contribution >= 4 is 5.78 Å². The summed E-state index contributed by atoms with van der Waals surface area (Å²) in [4.78, 5) is 11.6.